The van der Waals surface area contributed by atoms with E-state index in [9.17, 15) is 4.79 Å². The molecule has 50 valence electrons. The Hall–Kier alpha value is -0.840. The Labute approximate surface area is 61.9 Å². The molecule has 0 fully saturated rings. The summed E-state index contributed by atoms with van der Waals surface area (Å²) in [5, 5.41) is 8.20. The van der Waals surface area contributed by atoms with Crippen LogP contribution in [-0.2, 0) is 0 Å². The SMILES string of the molecule is Br.O=C(O)n1ccnc1. The summed E-state index contributed by atoms with van der Waals surface area (Å²) in [7, 11) is 0. The van der Waals surface area contributed by atoms with Crippen molar-refractivity contribution < 1.29 is 9.90 Å². The number of hydrogen-bond acceptors (Lipinski definition) is 2. The number of aromatic nitrogens is 2. The van der Waals surface area contributed by atoms with E-state index in [1.807, 2.05) is 0 Å². The third-order valence-electron chi connectivity index (χ3n) is 0.725. The molecule has 0 amide bonds. The lowest BCUT2D eigenvalue weighted by Crippen LogP contribution is -2.03. The van der Waals surface area contributed by atoms with Gasteiger partial charge in [0.25, 0.3) is 0 Å². The predicted molar refractivity (Wildman–Crippen MR) is 36.0 cm³/mol. The minimum Gasteiger partial charge on any atom is -0.464 e. The minimum absolute atomic E-state index is 0. The van der Waals surface area contributed by atoms with Crippen molar-refractivity contribution in [2.24, 2.45) is 0 Å². The van der Waals surface area contributed by atoms with Crippen LogP contribution in [0.4, 0.5) is 4.79 Å². The fourth-order valence-electron chi connectivity index (χ4n) is 0.372. The zero-order valence-electron chi connectivity index (χ0n) is 4.39. The molecule has 4 nitrogen and oxygen atoms in total. The highest BCUT2D eigenvalue weighted by Crippen LogP contribution is 1.81. The third kappa shape index (κ3) is 1.85. The molecule has 1 rings (SSSR count). The van der Waals surface area contributed by atoms with Crippen LogP contribution in [-0.4, -0.2) is 20.8 Å². The summed E-state index contributed by atoms with van der Waals surface area (Å²) in [6.45, 7) is 0. The molecule has 0 atom stereocenters. The molecular formula is C4H5BrN2O2. The molecule has 5 heteroatoms. The summed E-state index contributed by atoms with van der Waals surface area (Å²) >= 11 is 0. The first kappa shape index (κ1) is 8.16. The molecule has 0 bridgehead atoms. The van der Waals surface area contributed by atoms with Crippen LogP contribution < -0.4 is 0 Å². The van der Waals surface area contributed by atoms with E-state index in [2.05, 4.69) is 4.98 Å². The quantitative estimate of drug-likeness (QED) is 0.668. The van der Waals surface area contributed by atoms with Crippen LogP contribution in [0.5, 0.6) is 0 Å². The second kappa shape index (κ2) is 3.24. The molecule has 0 spiro atoms. The molecule has 0 aliphatic carbocycles. The predicted octanol–water partition coefficient (Wildman–Crippen LogP) is 0.987. The van der Waals surface area contributed by atoms with Crippen LogP contribution >= 0.6 is 17.0 Å². The molecule has 9 heavy (non-hydrogen) atoms. The number of carbonyl (C=O) groups is 1. The number of rotatable bonds is 0. The van der Waals surface area contributed by atoms with Gasteiger partial charge in [-0.05, 0) is 0 Å². The maximum Gasteiger partial charge on any atom is 0.416 e. The van der Waals surface area contributed by atoms with Crippen LogP contribution in [0.1, 0.15) is 0 Å². The van der Waals surface area contributed by atoms with Gasteiger partial charge in [0.2, 0.25) is 0 Å². The Morgan fingerprint density at radius 2 is 2.33 bits per heavy atom. The summed E-state index contributed by atoms with van der Waals surface area (Å²) in [5.74, 6) is 0. The molecule has 1 aromatic heterocycles. The second-order valence-corrected chi connectivity index (χ2v) is 1.25. The number of carboxylic acid groups (broad SMARTS) is 1. The first-order valence-electron chi connectivity index (χ1n) is 2.02. The number of imidazole rings is 1. The molecule has 0 saturated heterocycles. The first-order valence-corrected chi connectivity index (χ1v) is 2.02. The van der Waals surface area contributed by atoms with E-state index in [1.54, 1.807) is 0 Å². The van der Waals surface area contributed by atoms with Crippen molar-refractivity contribution in [3.05, 3.63) is 18.7 Å². The summed E-state index contributed by atoms with van der Waals surface area (Å²) in [4.78, 5) is 13.5. The van der Waals surface area contributed by atoms with Gasteiger partial charge in [-0.15, -0.1) is 17.0 Å². The third-order valence-corrected chi connectivity index (χ3v) is 0.725. The van der Waals surface area contributed by atoms with E-state index in [1.165, 1.54) is 18.7 Å². The normalized spacial score (nSPS) is 8.00. The lowest BCUT2D eigenvalue weighted by molar-refractivity contribution is 0.196. The summed E-state index contributed by atoms with van der Waals surface area (Å²) in [6, 6.07) is 0. The molecule has 1 heterocycles. The molecule has 1 aromatic rings. The van der Waals surface area contributed by atoms with Crippen molar-refractivity contribution in [3.63, 3.8) is 0 Å². The van der Waals surface area contributed by atoms with Crippen molar-refractivity contribution in [3.8, 4) is 0 Å². The van der Waals surface area contributed by atoms with E-state index in [4.69, 9.17) is 5.11 Å². The van der Waals surface area contributed by atoms with Gasteiger partial charge in [0.1, 0.15) is 6.33 Å². The van der Waals surface area contributed by atoms with E-state index in [0.29, 0.717) is 0 Å². The Bertz CT molecular complexity index is 184. The zero-order chi connectivity index (χ0) is 5.98. The van der Waals surface area contributed by atoms with Gasteiger partial charge >= 0.3 is 6.09 Å². The van der Waals surface area contributed by atoms with Gasteiger partial charge in [0.05, 0.1) is 0 Å². The summed E-state index contributed by atoms with van der Waals surface area (Å²) in [6.07, 6.45) is 2.99. The van der Waals surface area contributed by atoms with Crippen molar-refractivity contribution >= 4 is 23.1 Å². The number of nitrogens with zero attached hydrogens (tertiary/aromatic N) is 2. The Kier molecular flexibility index (Phi) is 2.94. The molecule has 0 unspecified atom stereocenters. The highest BCUT2D eigenvalue weighted by molar-refractivity contribution is 8.93. The average molecular weight is 193 g/mol. The van der Waals surface area contributed by atoms with E-state index in [0.717, 1.165) is 4.57 Å². The molecule has 1 N–H and O–H groups in total. The van der Waals surface area contributed by atoms with Crippen LogP contribution in [0.25, 0.3) is 0 Å². The van der Waals surface area contributed by atoms with Crippen LogP contribution in [0.15, 0.2) is 18.7 Å². The molecule has 0 aromatic carbocycles. The average Bonchev–Trinajstić information content (AvgIpc) is 2.12. The smallest absolute Gasteiger partial charge is 0.416 e. The number of halogens is 1. The standard InChI is InChI=1S/C4H4N2O2.BrH/c7-4(8)6-2-1-5-3-6;/h1-3H,(H,7,8);1H. The second-order valence-electron chi connectivity index (χ2n) is 1.25. The zero-order valence-corrected chi connectivity index (χ0v) is 6.10. The molecule has 0 saturated carbocycles. The van der Waals surface area contributed by atoms with E-state index in [-0.39, 0.29) is 17.0 Å². The topological polar surface area (TPSA) is 55.1 Å². The Morgan fingerprint density at radius 3 is 2.56 bits per heavy atom. The van der Waals surface area contributed by atoms with Gasteiger partial charge in [-0.2, -0.15) is 0 Å². The van der Waals surface area contributed by atoms with Gasteiger partial charge in [0.15, 0.2) is 0 Å². The van der Waals surface area contributed by atoms with Gasteiger partial charge in [-0.1, -0.05) is 0 Å². The first-order chi connectivity index (χ1) is 3.80. The Morgan fingerprint density at radius 1 is 1.67 bits per heavy atom. The largest absolute Gasteiger partial charge is 0.464 e. The van der Waals surface area contributed by atoms with Crippen LogP contribution in [0.3, 0.4) is 0 Å². The molecule has 0 radical (unpaired) electrons. The fraction of sp³-hybridized carbons (Fsp3) is 0. The monoisotopic (exact) mass is 192 g/mol. The summed E-state index contributed by atoms with van der Waals surface area (Å²) < 4.78 is 0.972. The van der Waals surface area contributed by atoms with Gasteiger partial charge in [-0.3, -0.25) is 0 Å². The van der Waals surface area contributed by atoms with E-state index < -0.39 is 6.09 Å². The fourth-order valence-corrected chi connectivity index (χ4v) is 0.372. The molecule has 0 aliphatic rings. The van der Waals surface area contributed by atoms with Crippen molar-refractivity contribution in [2.45, 2.75) is 0 Å². The lowest BCUT2D eigenvalue weighted by atomic mass is 10.9. The number of hydrogen-bond donors (Lipinski definition) is 1. The molecule has 0 aliphatic heterocycles. The Balaban J connectivity index is 0.000000640. The van der Waals surface area contributed by atoms with E-state index >= 15 is 0 Å². The van der Waals surface area contributed by atoms with Crippen molar-refractivity contribution in [1.29, 1.82) is 0 Å². The van der Waals surface area contributed by atoms with Crippen LogP contribution in [0.2, 0.25) is 0 Å². The highest BCUT2D eigenvalue weighted by Gasteiger charge is 1.94. The van der Waals surface area contributed by atoms with Gasteiger partial charge < -0.3 is 5.11 Å². The maximum absolute atomic E-state index is 9.98. The van der Waals surface area contributed by atoms with Crippen molar-refractivity contribution in [2.75, 3.05) is 0 Å². The van der Waals surface area contributed by atoms with Crippen molar-refractivity contribution in [1.82, 2.24) is 9.55 Å². The minimum atomic E-state index is -1.01. The maximum atomic E-state index is 9.98. The molecular weight excluding hydrogens is 188 g/mol. The van der Waals surface area contributed by atoms with Gasteiger partial charge in [0, 0.05) is 12.4 Å². The highest BCUT2D eigenvalue weighted by atomic mass is 79.9. The van der Waals surface area contributed by atoms with Gasteiger partial charge in [-0.25, -0.2) is 14.3 Å². The van der Waals surface area contributed by atoms with Crippen LogP contribution in [0, 0.1) is 0 Å². The summed E-state index contributed by atoms with van der Waals surface area (Å²) in [5.41, 5.74) is 0. The lowest BCUT2D eigenvalue weighted by Gasteiger charge is -1.85.